The van der Waals surface area contributed by atoms with Gasteiger partial charge in [0.05, 0.1) is 12.0 Å². The number of carboxylic acids is 1. The number of carbonyl (C=O) groups is 2. The molecular formula is C14H17N2O6S-. The van der Waals surface area contributed by atoms with Crippen molar-refractivity contribution in [2.24, 2.45) is 5.92 Å². The Morgan fingerprint density at radius 3 is 2.52 bits per heavy atom. The van der Waals surface area contributed by atoms with Gasteiger partial charge in [-0.05, 0) is 37.1 Å². The summed E-state index contributed by atoms with van der Waals surface area (Å²) in [5.41, 5.74) is 0.391. The molecule has 0 spiro atoms. The van der Waals surface area contributed by atoms with E-state index >= 15 is 0 Å². The highest BCUT2D eigenvalue weighted by Crippen LogP contribution is 2.24. The van der Waals surface area contributed by atoms with Gasteiger partial charge < -0.3 is 14.6 Å². The van der Waals surface area contributed by atoms with E-state index in [2.05, 4.69) is 10.1 Å². The summed E-state index contributed by atoms with van der Waals surface area (Å²) >= 11 is 0. The number of carbonyl (C=O) groups excluding carboxylic acids is 2. The zero-order chi connectivity index (χ0) is 17.0. The number of methoxy groups -OCH3 is 1. The van der Waals surface area contributed by atoms with E-state index < -0.39 is 28.0 Å². The molecule has 1 amide bonds. The number of sulfonamides is 1. The van der Waals surface area contributed by atoms with Crippen LogP contribution in [-0.4, -0.2) is 45.0 Å². The van der Waals surface area contributed by atoms with Crippen molar-refractivity contribution < 1.29 is 27.9 Å². The molecule has 9 heteroatoms. The van der Waals surface area contributed by atoms with Gasteiger partial charge in [-0.25, -0.2) is 13.2 Å². The van der Waals surface area contributed by atoms with Gasteiger partial charge in [-0.3, -0.25) is 5.32 Å². The highest BCUT2D eigenvalue weighted by atomic mass is 32.2. The van der Waals surface area contributed by atoms with Crippen molar-refractivity contribution in [3.8, 4) is 0 Å². The standard InChI is InChI=1S/C14H18N2O6S/c1-22-14(19)15-11-4-6-12(7-5-11)23(20,21)16-8-2-3-10(9-16)13(17)18/h4-7,10H,2-3,8-9H2,1H3,(H,15,19)(H,17,18)/p-1/t10-/m1/s1. The van der Waals surface area contributed by atoms with Gasteiger partial charge in [0.25, 0.3) is 0 Å². The molecule has 1 N–H and O–H groups in total. The average molecular weight is 341 g/mol. The number of carboxylic acid groups (broad SMARTS) is 1. The molecule has 1 saturated heterocycles. The molecule has 0 aliphatic carbocycles. The molecular weight excluding hydrogens is 324 g/mol. The predicted molar refractivity (Wildman–Crippen MR) is 79.0 cm³/mol. The second-order valence-electron chi connectivity index (χ2n) is 5.16. The highest BCUT2D eigenvalue weighted by molar-refractivity contribution is 7.89. The largest absolute Gasteiger partial charge is 0.550 e. The van der Waals surface area contributed by atoms with Crippen LogP contribution < -0.4 is 10.4 Å². The van der Waals surface area contributed by atoms with Gasteiger partial charge in [-0.1, -0.05) is 0 Å². The first kappa shape index (κ1) is 17.2. The molecule has 1 heterocycles. The minimum absolute atomic E-state index is 0.0342. The van der Waals surface area contributed by atoms with Gasteiger partial charge in [0.1, 0.15) is 0 Å². The lowest BCUT2D eigenvalue weighted by Crippen LogP contribution is -2.46. The number of nitrogens with one attached hydrogen (secondary N) is 1. The molecule has 0 unspecified atom stereocenters. The van der Waals surface area contributed by atoms with Crippen LogP contribution in [0.15, 0.2) is 29.2 Å². The number of piperidine rings is 1. The zero-order valence-electron chi connectivity index (χ0n) is 12.5. The van der Waals surface area contributed by atoms with Crippen molar-refractivity contribution in [3.05, 3.63) is 24.3 Å². The maximum absolute atomic E-state index is 12.5. The van der Waals surface area contributed by atoms with E-state index in [4.69, 9.17) is 0 Å². The number of hydrogen-bond donors (Lipinski definition) is 1. The fourth-order valence-corrected chi connectivity index (χ4v) is 3.91. The molecule has 1 aromatic carbocycles. The lowest BCUT2D eigenvalue weighted by atomic mass is 10.0. The molecule has 1 fully saturated rings. The third-order valence-electron chi connectivity index (χ3n) is 3.64. The predicted octanol–water partition coefficient (Wildman–Crippen LogP) is 0.0155. The first-order chi connectivity index (χ1) is 10.8. The zero-order valence-corrected chi connectivity index (χ0v) is 13.3. The summed E-state index contributed by atoms with van der Waals surface area (Å²) in [6, 6.07) is 5.57. The molecule has 0 aromatic heterocycles. The van der Waals surface area contributed by atoms with Crippen molar-refractivity contribution >= 4 is 27.8 Å². The molecule has 0 radical (unpaired) electrons. The third-order valence-corrected chi connectivity index (χ3v) is 5.52. The summed E-state index contributed by atoms with van der Waals surface area (Å²) in [4.78, 5) is 22.1. The average Bonchev–Trinajstić information content (AvgIpc) is 2.55. The Balaban J connectivity index is 2.16. The normalized spacial score (nSPS) is 19.1. The summed E-state index contributed by atoms with van der Waals surface area (Å²) in [6.45, 7) is 0.182. The van der Waals surface area contributed by atoms with Crippen LogP contribution in [0.3, 0.4) is 0 Å². The maximum atomic E-state index is 12.5. The monoisotopic (exact) mass is 341 g/mol. The fraction of sp³-hybridized carbons (Fsp3) is 0.429. The number of aliphatic carboxylic acids is 1. The van der Waals surface area contributed by atoms with Crippen molar-refractivity contribution in [2.45, 2.75) is 17.7 Å². The van der Waals surface area contributed by atoms with Gasteiger partial charge in [0.15, 0.2) is 0 Å². The smallest absolute Gasteiger partial charge is 0.411 e. The molecule has 1 aromatic rings. The number of ether oxygens (including phenoxy) is 1. The van der Waals surface area contributed by atoms with Crippen LogP contribution in [0.4, 0.5) is 10.5 Å². The molecule has 0 bridgehead atoms. The lowest BCUT2D eigenvalue weighted by Gasteiger charge is -2.32. The van der Waals surface area contributed by atoms with E-state index in [9.17, 15) is 23.1 Å². The summed E-state index contributed by atoms with van der Waals surface area (Å²) in [5, 5.41) is 13.4. The summed E-state index contributed by atoms with van der Waals surface area (Å²) < 4.78 is 30.7. The Bertz CT molecular complexity index is 686. The molecule has 1 aliphatic heterocycles. The van der Waals surface area contributed by atoms with Crippen molar-refractivity contribution in [3.63, 3.8) is 0 Å². The molecule has 2 rings (SSSR count). The van der Waals surface area contributed by atoms with Gasteiger partial charge >= 0.3 is 6.09 Å². The third kappa shape index (κ3) is 3.99. The van der Waals surface area contributed by atoms with E-state index in [0.29, 0.717) is 18.5 Å². The molecule has 0 saturated carbocycles. The van der Waals surface area contributed by atoms with Crippen molar-refractivity contribution in [2.75, 3.05) is 25.5 Å². The van der Waals surface area contributed by atoms with E-state index in [-0.39, 0.29) is 18.0 Å². The van der Waals surface area contributed by atoms with Crippen LogP contribution in [0.2, 0.25) is 0 Å². The highest BCUT2D eigenvalue weighted by Gasteiger charge is 2.30. The quantitative estimate of drug-likeness (QED) is 0.825. The minimum atomic E-state index is -3.78. The molecule has 23 heavy (non-hydrogen) atoms. The van der Waals surface area contributed by atoms with Gasteiger partial charge in [0, 0.05) is 30.7 Å². The Morgan fingerprint density at radius 1 is 1.30 bits per heavy atom. The van der Waals surface area contributed by atoms with E-state index in [0.717, 1.165) is 4.31 Å². The summed E-state index contributed by atoms with van der Waals surface area (Å²) in [6.07, 6.45) is 0.226. The number of anilines is 1. The number of rotatable bonds is 4. The first-order valence-electron chi connectivity index (χ1n) is 7.00. The minimum Gasteiger partial charge on any atom is -0.550 e. The Hall–Kier alpha value is -2.13. The van der Waals surface area contributed by atoms with Crippen LogP contribution in [-0.2, 0) is 19.6 Å². The van der Waals surface area contributed by atoms with Gasteiger partial charge in [-0.15, -0.1) is 0 Å². The van der Waals surface area contributed by atoms with Crippen LogP contribution in [0, 0.1) is 5.92 Å². The molecule has 1 aliphatic rings. The van der Waals surface area contributed by atoms with Crippen LogP contribution in [0.5, 0.6) is 0 Å². The second kappa shape index (κ2) is 6.97. The fourth-order valence-electron chi connectivity index (χ4n) is 2.38. The Morgan fingerprint density at radius 2 is 1.96 bits per heavy atom. The van der Waals surface area contributed by atoms with Crippen LogP contribution in [0.25, 0.3) is 0 Å². The van der Waals surface area contributed by atoms with E-state index in [1.54, 1.807) is 0 Å². The first-order valence-corrected chi connectivity index (χ1v) is 8.44. The summed E-state index contributed by atoms with van der Waals surface area (Å²) in [7, 11) is -2.56. The maximum Gasteiger partial charge on any atom is 0.411 e. The number of amides is 1. The van der Waals surface area contributed by atoms with Gasteiger partial charge in [-0.2, -0.15) is 4.31 Å². The lowest BCUT2D eigenvalue weighted by molar-refractivity contribution is -0.312. The van der Waals surface area contributed by atoms with Crippen LogP contribution in [0.1, 0.15) is 12.8 Å². The van der Waals surface area contributed by atoms with Crippen molar-refractivity contribution in [1.82, 2.24) is 4.31 Å². The van der Waals surface area contributed by atoms with Gasteiger partial charge in [0.2, 0.25) is 10.0 Å². The second-order valence-corrected chi connectivity index (χ2v) is 7.10. The van der Waals surface area contributed by atoms with E-state index in [1.807, 2.05) is 0 Å². The molecule has 126 valence electrons. The van der Waals surface area contributed by atoms with Crippen molar-refractivity contribution in [1.29, 1.82) is 0 Å². The topological polar surface area (TPSA) is 116 Å². The van der Waals surface area contributed by atoms with Crippen LogP contribution >= 0.6 is 0 Å². The Labute approximate surface area is 134 Å². The number of hydrogen-bond acceptors (Lipinski definition) is 6. The Kier molecular flexibility index (Phi) is 5.22. The summed E-state index contributed by atoms with van der Waals surface area (Å²) in [5.74, 6) is -2.03. The number of benzene rings is 1. The van der Waals surface area contributed by atoms with E-state index in [1.165, 1.54) is 31.4 Å². The molecule has 1 atom stereocenters. The SMILES string of the molecule is COC(=O)Nc1ccc(S(=O)(=O)N2CCC[C@@H](C(=O)[O-])C2)cc1. The molecule has 8 nitrogen and oxygen atoms in total. The number of nitrogens with zero attached hydrogens (tertiary/aromatic N) is 1.